The van der Waals surface area contributed by atoms with Crippen molar-refractivity contribution in [1.29, 1.82) is 0 Å². The minimum Gasteiger partial charge on any atom is -0.477 e. The number of carboxylic acid groups (broad SMARTS) is 1. The Balaban J connectivity index is 0.000000186. The van der Waals surface area contributed by atoms with Crippen molar-refractivity contribution in [2.24, 2.45) is 0 Å². The van der Waals surface area contributed by atoms with Gasteiger partial charge < -0.3 is 15.6 Å². The number of rotatable bonds is 4. The second-order valence-corrected chi connectivity index (χ2v) is 9.34. The summed E-state index contributed by atoms with van der Waals surface area (Å²) in [7, 11) is 1.28. The van der Waals surface area contributed by atoms with E-state index in [1.165, 1.54) is 42.7 Å². The van der Waals surface area contributed by atoms with Crippen LogP contribution >= 0.6 is 38.6 Å². The molecule has 2 aromatic carbocycles. The van der Waals surface area contributed by atoms with Gasteiger partial charge in [-0.2, -0.15) is 0 Å². The van der Waals surface area contributed by atoms with Crippen LogP contribution in [-0.4, -0.2) is 34.0 Å². The average Bonchev–Trinajstić information content (AvgIpc) is 3.35. The molecule has 0 spiro atoms. The molecule has 0 aliphatic carbocycles. The zero-order valence-electron chi connectivity index (χ0n) is 16.4. The summed E-state index contributed by atoms with van der Waals surface area (Å²) in [4.78, 5) is 42.9. The monoisotopic (exact) mass is 553 g/mol. The van der Waals surface area contributed by atoms with Gasteiger partial charge in [0.1, 0.15) is 15.4 Å². The number of anilines is 1. The molecular weight excluding hydrogens is 542 g/mol. The third kappa shape index (κ3) is 5.08. The number of hydrogen-bond acceptors (Lipinski definition) is 10. The Labute approximate surface area is 200 Å². The molecule has 0 amide bonds. The second-order valence-electron chi connectivity index (χ2n) is 6.32. The predicted octanol–water partition coefficient (Wildman–Crippen LogP) is 5.45. The van der Waals surface area contributed by atoms with E-state index in [-0.39, 0.29) is 21.9 Å². The fourth-order valence-corrected chi connectivity index (χ4v) is 5.32. The first-order chi connectivity index (χ1) is 15.5. The van der Waals surface area contributed by atoms with Gasteiger partial charge in [-0.3, -0.25) is 20.2 Å². The zero-order chi connectivity index (χ0) is 24.4. The van der Waals surface area contributed by atoms with Crippen LogP contribution in [0.25, 0.3) is 20.2 Å². The first-order valence-electron chi connectivity index (χ1n) is 8.68. The summed E-state index contributed by atoms with van der Waals surface area (Å²) in [5.74, 6) is -1.49. The van der Waals surface area contributed by atoms with Crippen molar-refractivity contribution in [2.45, 2.75) is 0 Å². The Morgan fingerprint density at radius 2 is 1.45 bits per heavy atom. The van der Waals surface area contributed by atoms with Gasteiger partial charge >= 0.3 is 11.9 Å². The molecule has 0 aliphatic heterocycles. The number of ether oxygens (including phenoxy) is 1. The molecule has 170 valence electrons. The van der Waals surface area contributed by atoms with E-state index in [4.69, 9.17) is 10.8 Å². The molecule has 3 N–H and O–H groups in total. The second kappa shape index (κ2) is 9.48. The summed E-state index contributed by atoms with van der Waals surface area (Å²) in [6.07, 6.45) is 0. The summed E-state index contributed by atoms with van der Waals surface area (Å²) in [5, 5.41) is 31.3. The molecular formula is C19H12BrN3O8S2. The number of halogens is 1. The number of nitro groups is 2. The fraction of sp³-hybridized carbons (Fsp3) is 0.0526. The van der Waals surface area contributed by atoms with Crippen LogP contribution in [0.15, 0.2) is 40.9 Å². The number of fused-ring (bicyclic) bond motifs is 2. The molecule has 0 saturated carbocycles. The number of nitrogens with zero attached hydrogens (tertiary/aromatic N) is 2. The van der Waals surface area contributed by atoms with Crippen LogP contribution in [0.3, 0.4) is 0 Å². The van der Waals surface area contributed by atoms with Crippen molar-refractivity contribution in [3.8, 4) is 0 Å². The molecule has 0 unspecified atom stereocenters. The van der Waals surface area contributed by atoms with Crippen molar-refractivity contribution in [3.05, 3.63) is 70.9 Å². The predicted molar refractivity (Wildman–Crippen MR) is 127 cm³/mol. The van der Waals surface area contributed by atoms with E-state index < -0.39 is 21.8 Å². The van der Waals surface area contributed by atoms with E-state index in [1.54, 1.807) is 12.1 Å². The molecule has 0 bridgehead atoms. The lowest BCUT2D eigenvalue weighted by molar-refractivity contribution is -0.385. The van der Waals surface area contributed by atoms with Crippen molar-refractivity contribution < 1.29 is 29.3 Å². The lowest BCUT2D eigenvalue weighted by Crippen LogP contribution is -1.96. The van der Waals surface area contributed by atoms with Crippen molar-refractivity contribution in [3.63, 3.8) is 0 Å². The number of nitro benzene ring substituents is 2. The molecule has 0 saturated heterocycles. The van der Waals surface area contributed by atoms with E-state index in [1.807, 2.05) is 0 Å². The summed E-state index contributed by atoms with van der Waals surface area (Å²) < 4.78 is 6.35. The van der Waals surface area contributed by atoms with Gasteiger partial charge in [0, 0.05) is 32.3 Å². The van der Waals surface area contributed by atoms with Gasteiger partial charge in [-0.15, -0.1) is 22.7 Å². The largest absolute Gasteiger partial charge is 0.477 e. The highest BCUT2D eigenvalue weighted by molar-refractivity contribution is 9.10. The summed E-state index contributed by atoms with van der Waals surface area (Å²) >= 11 is 5.36. The molecule has 4 rings (SSSR count). The number of aromatic carboxylic acids is 1. The fourth-order valence-electron chi connectivity index (χ4n) is 2.75. The normalized spacial score (nSPS) is 10.5. The number of nitrogens with two attached hydrogens (primary N) is 1. The van der Waals surface area contributed by atoms with Gasteiger partial charge in [-0.05, 0) is 40.2 Å². The standard InChI is InChI=1S/C10H8N2O4S.C9H4BrNO4S/c1-16-10(13)9-3-5-2-7(12(14)15)6(11)4-8(5)17-9;10-5-3-7-4(1-6(5)11(14)15)2-8(16-7)9(12)13/h2-4H,11H2,1H3;1-3H,(H,12,13). The highest BCUT2D eigenvalue weighted by Gasteiger charge is 2.17. The smallest absolute Gasteiger partial charge is 0.348 e. The molecule has 0 fully saturated rings. The van der Waals surface area contributed by atoms with E-state index in [0.29, 0.717) is 29.5 Å². The van der Waals surface area contributed by atoms with E-state index in [0.717, 1.165) is 11.3 Å². The van der Waals surface area contributed by atoms with Crippen LogP contribution in [0.5, 0.6) is 0 Å². The zero-order valence-corrected chi connectivity index (χ0v) is 19.7. The maximum absolute atomic E-state index is 11.3. The summed E-state index contributed by atoms with van der Waals surface area (Å²) in [6, 6.07) is 8.76. The third-order valence-electron chi connectivity index (χ3n) is 4.24. The van der Waals surface area contributed by atoms with Crippen LogP contribution in [0.1, 0.15) is 19.3 Å². The number of carboxylic acids is 1. The summed E-state index contributed by atoms with van der Waals surface area (Å²) in [5.41, 5.74) is 5.41. The first-order valence-corrected chi connectivity index (χ1v) is 11.1. The average molecular weight is 554 g/mol. The highest BCUT2D eigenvalue weighted by atomic mass is 79.9. The van der Waals surface area contributed by atoms with Gasteiger partial charge in [0.15, 0.2) is 0 Å². The lowest BCUT2D eigenvalue weighted by atomic mass is 10.2. The Bertz CT molecular complexity index is 1450. The molecule has 0 atom stereocenters. The number of nitrogen functional groups attached to an aromatic ring is 1. The van der Waals surface area contributed by atoms with Crippen molar-refractivity contribution >= 4 is 87.8 Å². The Morgan fingerprint density at radius 1 is 0.939 bits per heavy atom. The minimum absolute atomic E-state index is 0.0674. The maximum atomic E-state index is 11.3. The van der Waals surface area contributed by atoms with Gasteiger partial charge in [-0.1, -0.05) is 0 Å². The molecule has 11 nitrogen and oxygen atoms in total. The summed E-state index contributed by atoms with van der Waals surface area (Å²) in [6.45, 7) is 0. The van der Waals surface area contributed by atoms with E-state index in [9.17, 15) is 29.8 Å². The van der Waals surface area contributed by atoms with Crippen LogP contribution < -0.4 is 5.73 Å². The number of carbonyl (C=O) groups is 2. The molecule has 33 heavy (non-hydrogen) atoms. The van der Waals surface area contributed by atoms with E-state index in [2.05, 4.69) is 20.7 Å². The topological polar surface area (TPSA) is 176 Å². The molecule has 2 heterocycles. The quantitative estimate of drug-likeness (QED) is 0.144. The molecule has 2 aromatic heterocycles. The van der Waals surface area contributed by atoms with Crippen LogP contribution in [0, 0.1) is 20.2 Å². The highest BCUT2D eigenvalue weighted by Crippen LogP contribution is 2.35. The molecule has 0 radical (unpaired) electrons. The molecule has 14 heteroatoms. The number of esters is 1. The van der Waals surface area contributed by atoms with Gasteiger partial charge in [-0.25, -0.2) is 9.59 Å². The lowest BCUT2D eigenvalue weighted by Gasteiger charge is -1.96. The SMILES string of the molecule is COC(=O)c1cc2cc([N+](=O)[O-])c(N)cc2s1.O=C(O)c1cc2cc([N+](=O)[O-])c(Br)cc2s1. The number of benzene rings is 2. The van der Waals surface area contributed by atoms with Gasteiger partial charge in [0.05, 0.1) is 21.4 Å². The minimum atomic E-state index is -1.03. The number of carbonyl (C=O) groups excluding carboxylic acids is 1. The first kappa shape index (κ1) is 24.0. The number of methoxy groups -OCH3 is 1. The number of thiophene rings is 2. The Kier molecular flexibility index (Phi) is 6.90. The van der Waals surface area contributed by atoms with Gasteiger partial charge in [0.25, 0.3) is 11.4 Å². The Hall–Kier alpha value is -3.62. The van der Waals surface area contributed by atoms with Crippen LogP contribution in [0.4, 0.5) is 17.1 Å². The maximum Gasteiger partial charge on any atom is 0.348 e. The van der Waals surface area contributed by atoms with Crippen LogP contribution in [0.2, 0.25) is 0 Å². The van der Waals surface area contributed by atoms with Crippen molar-refractivity contribution in [2.75, 3.05) is 12.8 Å². The number of hydrogen-bond donors (Lipinski definition) is 2. The Morgan fingerprint density at radius 3 is 2.00 bits per heavy atom. The van der Waals surface area contributed by atoms with Gasteiger partial charge in [0.2, 0.25) is 0 Å². The van der Waals surface area contributed by atoms with Crippen LogP contribution in [-0.2, 0) is 4.74 Å². The third-order valence-corrected chi connectivity index (χ3v) is 7.04. The van der Waals surface area contributed by atoms with E-state index >= 15 is 0 Å². The van der Waals surface area contributed by atoms with Crippen molar-refractivity contribution in [1.82, 2.24) is 0 Å². The molecule has 4 aromatic rings. The molecule has 0 aliphatic rings.